The summed E-state index contributed by atoms with van der Waals surface area (Å²) in [4.78, 5) is 11.2. The van der Waals surface area contributed by atoms with Crippen molar-refractivity contribution in [1.82, 2.24) is 4.31 Å². The quantitative estimate of drug-likeness (QED) is 0.813. The number of benzene rings is 1. The van der Waals surface area contributed by atoms with Gasteiger partial charge in [0, 0.05) is 13.1 Å². The smallest absolute Gasteiger partial charge is 0.340 e. The summed E-state index contributed by atoms with van der Waals surface area (Å²) in [6.45, 7) is 2.95. The molecule has 1 aliphatic heterocycles. The van der Waals surface area contributed by atoms with Crippen molar-refractivity contribution in [2.24, 2.45) is 11.1 Å². The van der Waals surface area contributed by atoms with Gasteiger partial charge in [-0.25, -0.2) is 17.6 Å². The van der Waals surface area contributed by atoms with Gasteiger partial charge in [-0.2, -0.15) is 4.31 Å². The minimum absolute atomic E-state index is 0. The summed E-state index contributed by atoms with van der Waals surface area (Å²) in [5.41, 5.74) is 5.11. The van der Waals surface area contributed by atoms with Crippen LogP contribution < -0.4 is 5.73 Å². The van der Waals surface area contributed by atoms with Gasteiger partial charge in [-0.15, -0.1) is 12.4 Å². The second-order valence-electron chi connectivity index (χ2n) is 5.74. The first-order chi connectivity index (χ1) is 10.2. The number of halogens is 2. The van der Waals surface area contributed by atoms with E-state index < -0.39 is 21.8 Å². The van der Waals surface area contributed by atoms with Gasteiger partial charge in [0.05, 0.1) is 17.6 Å². The van der Waals surface area contributed by atoms with Crippen molar-refractivity contribution < 1.29 is 22.3 Å². The Morgan fingerprint density at radius 2 is 2.13 bits per heavy atom. The van der Waals surface area contributed by atoms with E-state index in [9.17, 15) is 17.6 Å². The van der Waals surface area contributed by atoms with E-state index >= 15 is 0 Å². The second-order valence-corrected chi connectivity index (χ2v) is 7.67. The number of methoxy groups -OCH3 is 1. The highest BCUT2D eigenvalue weighted by Crippen LogP contribution is 2.32. The van der Waals surface area contributed by atoms with Crippen molar-refractivity contribution in [1.29, 1.82) is 0 Å². The molecule has 1 saturated heterocycles. The van der Waals surface area contributed by atoms with E-state index in [-0.39, 0.29) is 28.3 Å². The normalized spacial score (nSPS) is 21.7. The largest absolute Gasteiger partial charge is 0.465 e. The Labute approximate surface area is 141 Å². The minimum atomic E-state index is -3.81. The van der Waals surface area contributed by atoms with Crippen LogP contribution in [-0.4, -0.2) is 45.4 Å². The summed E-state index contributed by atoms with van der Waals surface area (Å²) >= 11 is 0. The number of rotatable bonds is 4. The molecule has 1 atom stereocenters. The van der Waals surface area contributed by atoms with Gasteiger partial charge in [-0.3, -0.25) is 0 Å². The van der Waals surface area contributed by atoms with Gasteiger partial charge in [0.2, 0.25) is 10.0 Å². The molecule has 0 aliphatic carbocycles. The molecule has 0 radical (unpaired) electrons. The fourth-order valence-corrected chi connectivity index (χ4v) is 4.03. The summed E-state index contributed by atoms with van der Waals surface area (Å²) in [5.74, 6) is -1.77. The maximum atomic E-state index is 13.9. The van der Waals surface area contributed by atoms with Crippen LogP contribution in [0.2, 0.25) is 0 Å². The molecule has 130 valence electrons. The predicted molar refractivity (Wildman–Crippen MR) is 85.5 cm³/mol. The average molecular weight is 367 g/mol. The number of hydrogen-bond acceptors (Lipinski definition) is 5. The first kappa shape index (κ1) is 19.8. The molecule has 0 amide bonds. The standard InChI is InChI=1S/C14H19FN2O4S.ClH/c1-14(8-16)5-6-17(9-14)22(19,20)10-3-4-11(12(15)7-10)13(18)21-2;/h3-4,7H,5-6,8-9,16H2,1-2H3;1H. The van der Waals surface area contributed by atoms with Gasteiger partial charge < -0.3 is 10.5 Å². The van der Waals surface area contributed by atoms with Crippen LogP contribution in [-0.2, 0) is 14.8 Å². The molecule has 1 aromatic rings. The van der Waals surface area contributed by atoms with Gasteiger partial charge >= 0.3 is 5.97 Å². The van der Waals surface area contributed by atoms with E-state index in [0.29, 0.717) is 26.1 Å². The molecule has 1 aliphatic rings. The summed E-state index contributed by atoms with van der Waals surface area (Å²) in [6.07, 6.45) is 0.658. The topological polar surface area (TPSA) is 89.7 Å². The van der Waals surface area contributed by atoms with Crippen molar-refractivity contribution in [3.8, 4) is 0 Å². The SMILES string of the molecule is COC(=O)c1ccc(S(=O)(=O)N2CCC(C)(CN)C2)cc1F.Cl. The van der Waals surface area contributed by atoms with E-state index in [1.165, 1.54) is 10.4 Å². The fourth-order valence-electron chi connectivity index (χ4n) is 2.43. The molecule has 2 rings (SSSR count). The van der Waals surface area contributed by atoms with Gasteiger partial charge in [0.25, 0.3) is 0 Å². The molecule has 0 spiro atoms. The van der Waals surface area contributed by atoms with Crippen molar-refractivity contribution >= 4 is 28.4 Å². The van der Waals surface area contributed by atoms with Gasteiger partial charge in [-0.05, 0) is 36.6 Å². The van der Waals surface area contributed by atoms with Crippen molar-refractivity contribution in [2.75, 3.05) is 26.7 Å². The Kier molecular flexibility index (Phi) is 6.14. The third kappa shape index (κ3) is 3.82. The lowest BCUT2D eigenvalue weighted by molar-refractivity contribution is 0.0595. The molecule has 9 heteroatoms. The molecule has 1 fully saturated rings. The number of nitrogens with zero attached hydrogens (tertiary/aromatic N) is 1. The van der Waals surface area contributed by atoms with Crippen LogP contribution in [0.25, 0.3) is 0 Å². The van der Waals surface area contributed by atoms with Crippen LogP contribution in [0.3, 0.4) is 0 Å². The molecule has 0 bridgehead atoms. The first-order valence-corrected chi connectivity index (χ1v) is 8.25. The van der Waals surface area contributed by atoms with Gasteiger partial charge in [0.15, 0.2) is 0 Å². The van der Waals surface area contributed by atoms with Gasteiger partial charge in [-0.1, -0.05) is 6.92 Å². The molecule has 1 heterocycles. The Morgan fingerprint density at radius 3 is 2.61 bits per heavy atom. The molecular formula is C14H20ClFN2O4S. The van der Waals surface area contributed by atoms with E-state index in [4.69, 9.17) is 5.73 Å². The lowest BCUT2D eigenvalue weighted by Crippen LogP contribution is -2.34. The van der Waals surface area contributed by atoms with E-state index in [2.05, 4.69) is 4.74 Å². The number of hydrogen-bond donors (Lipinski definition) is 1. The van der Waals surface area contributed by atoms with Crippen molar-refractivity contribution in [3.05, 3.63) is 29.6 Å². The third-order valence-electron chi connectivity index (χ3n) is 4.00. The maximum absolute atomic E-state index is 13.9. The highest BCUT2D eigenvalue weighted by molar-refractivity contribution is 7.89. The van der Waals surface area contributed by atoms with Crippen LogP contribution in [0.15, 0.2) is 23.1 Å². The Morgan fingerprint density at radius 1 is 1.48 bits per heavy atom. The van der Waals surface area contributed by atoms with Crippen LogP contribution in [0.1, 0.15) is 23.7 Å². The number of carbonyl (C=O) groups excluding carboxylic acids is 1. The van der Waals surface area contributed by atoms with Crippen molar-refractivity contribution in [3.63, 3.8) is 0 Å². The monoisotopic (exact) mass is 366 g/mol. The van der Waals surface area contributed by atoms with E-state index in [0.717, 1.165) is 19.2 Å². The van der Waals surface area contributed by atoms with E-state index in [1.807, 2.05) is 6.92 Å². The minimum Gasteiger partial charge on any atom is -0.465 e. The molecule has 0 saturated carbocycles. The number of nitrogens with two attached hydrogens (primary N) is 1. The van der Waals surface area contributed by atoms with Crippen LogP contribution in [0, 0.1) is 11.2 Å². The Balaban J connectivity index is 0.00000264. The second kappa shape index (κ2) is 7.12. The molecule has 0 aromatic heterocycles. The van der Waals surface area contributed by atoms with Crippen LogP contribution >= 0.6 is 12.4 Å². The third-order valence-corrected chi connectivity index (χ3v) is 5.84. The molecule has 1 unspecified atom stereocenters. The summed E-state index contributed by atoms with van der Waals surface area (Å²) < 4.78 is 44.7. The Bertz CT molecular complexity index is 698. The Hall–Kier alpha value is -1.22. The highest BCUT2D eigenvalue weighted by Gasteiger charge is 2.39. The number of ether oxygens (including phenoxy) is 1. The van der Waals surface area contributed by atoms with Gasteiger partial charge in [0.1, 0.15) is 5.82 Å². The summed E-state index contributed by atoms with van der Waals surface area (Å²) in [7, 11) is -2.68. The first-order valence-electron chi connectivity index (χ1n) is 6.81. The number of esters is 1. The molecule has 2 N–H and O–H groups in total. The lowest BCUT2D eigenvalue weighted by atomic mass is 9.90. The average Bonchev–Trinajstić information content (AvgIpc) is 2.90. The lowest BCUT2D eigenvalue weighted by Gasteiger charge is -2.22. The zero-order chi connectivity index (χ0) is 16.5. The predicted octanol–water partition coefficient (Wildman–Crippen LogP) is 1.39. The summed E-state index contributed by atoms with van der Waals surface area (Å²) in [5, 5.41) is 0. The zero-order valence-corrected chi connectivity index (χ0v) is 14.5. The van der Waals surface area contributed by atoms with Crippen LogP contribution in [0.5, 0.6) is 0 Å². The number of carbonyl (C=O) groups is 1. The number of sulfonamides is 1. The van der Waals surface area contributed by atoms with E-state index in [1.54, 1.807) is 0 Å². The fraction of sp³-hybridized carbons (Fsp3) is 0.500. The molecular weight excluding hydrogens is 347 g/mol. The molecule has 6 nitrogen and oxygen atoms in total. The highest BCUT2D eigenvalue weighted by atomic mass is 35.5. The molecule has 1 aromatic carbocycles. The zero-order valence-electron chi connectivity index (χ0n) is 12.9. The molecule has 23 heavy (non-hydrogen) atoms. The summed E-state index contributed by atoms with van der Waals surface area (Å²) in [6, 6.07) is 3.18. The maximum Gasteiger partial charge on any atom is 0.340 e. The van der Waals surface area contributed by atoms with Crippen LogP contribution in [0.4, 0.5) is 4.39 Å². The van der Waals surface area contributed by atoms with Crippen molar-refractivity contribution in [2.45, 2.75) is 18.2 Å².